The Hall–Kier alpha value is -0.870. The summed E-state index contributed by atoms with van der Waals surface area (Å²) in [6.45, 7) is 5.50. The van der Waals surface area contributed by atoms with Gasteiger partial charge in [0.1, 0.15) is 0 Å². The Kier molecular flexibility index (Phi) is 4.33. The summed E-state index contributed by atoms with van der Waals surface area (Å²) in [6.07, 6.45) is 0. The molecule has 0 aliphatic carbocycles. The van der Waals surface area contributed by atoms with Crippen molar-refractivity contribution >= 4 is 27.4 Å². The summed E-state index contributed by atoms with van der Waals surface area (Å²) in [7, 11) is 1.87. The molecule has 0 fully saturated rings. The molecule has 0 aromatic heterocycles. The largest absolute Gasteiger partial charge is 0.389 e. The topological polar surface area (TPSA) is 40.5 Å². The molecule has 0 aliphatic heterocycles. The van der Waals surface area contributed by atoms with E-state index < -0.39 is 5.60 Å². The molecule has 0 bridgehead atoms. The van der Waals surface area contributed by atoms with Gasteiger partial charge in [0.2, 0.25) is 0 Å². The van der Waals surface area contributed by atoms with E-state index in [9.17, 15) is 9.90 Å². The van der Waals surface area contributed by atoms with Gasteiger partial charge < -0.3 is 10.0 Å². The normalized spacial score (nSPS) is 11.4. The third kappa shape index (κ3) is 4.13. The van der Waals surface area contributed by atoms with E-state index in [1.54, 1.807) is 26.8 Å². The minimum atomic E-state index is -0.796. The van der Waals surface area contributed by atoms with Crippen LogP contribution in [0.5, 0.6) is 0 Å². The Labute approximate surface area is 111 Å². The molecular formula is C13H18BrNO2. The average molecular weight is 300 g/mol. The molecule has 1 rings (SSSR count). The molecule has 1 aromatic carbocycles. The SMILES string of the molecule is CC(=O)c1cc(Br)ccc1N(C)CC(C)(C)O. The predicted molar refractivity (Wildman–Crippen MR) is 73.7 cm³/mol. The molecule has 0 saturated carbocycles. The van der Waals surface area contributed by atoms with Crippen LogP contribution < -0.4 is 4.90 Å². The van der Waals surface area contributed by atoms with Gasteiger partial charge in [-0.25, -0.2) is 0 Å². The summed E-state index contributed by atoms with van der Waals surface area (Å²) < 4.78 is 0.878. The van der Waals surface area contributed by atoms with Crippen LogP contribution in [0.25, 0.3) is 0 Å². The first-order valence-electron chi connectivity index (χ1n) is 5.45. The minimum absolute atomic E-state index is 0.0175. The van der Waals surface area contributed by atoms with E-state index in [0.29, 0.717) is 12.1 Å². The molecule has 0 atom stereocenters. The van der Waals surface area contributed by atoms with Gasteiger partial charge in [0.05, 0.1) is 5.60 Å². The van der Waals surface area contributed by atoms with E-state index in [1.165, 1.54) is 0 Å². The number of hydrogen-bond acceptors (Lipinski definition) is 3. The lowest BCUT2D eigenvalue weighted by molar-refractivity contribution is 0.0882. The molecule has 0 aliphatic rings. The van der Waals surface area contributed by atoms with E-state index in [-0.39, 0.29) is 5.78 Å². The second kappa shape index (κ2) is 5.19. The predicted octanol–water partition coefficient (Wildman–Crippen LogP) is 2.86. The van der Waals surface area contributed by atoms with Crippen LogP contribution in [-0.4, -0.2) is 30.1 Å². The highest BCUT2D eigenvalue weighted by Gasteiger charge is 2.19. The summed E-state index contributed by atoms with van der Waals surface area (Å²) in [5, 5.41) is 9.80. The van der Waals surface area contributed by atoms with Crippen molar-refractivity contribution in [2.45, 2.75) is 26.4 Å². The van der Waals surface area contributed by atoms with E-state index in [4.69, 9.17) is 0 Å². The molecular weight excluding hydrogens is 282 g/mol. The van der Waals surface area contributed by atoms with Crippen molar-refractivity contribution in [3.8, 4) is 0 Å². The number of halogens is 1. The number of nitrogens with zero attached hydrogens (tertiary/aromatic N) is 1. The first-order valence-corrected chi connectivity index (χ1v) is 6.24. The standard InChI is InChI=1S/C13H18BrNO2/c1-9(16)11-7-10(14)5-6-12(11)15(4)8-13(2,3)17/h5-7,17H,8H2,1-4H3. The molecule has 1 aromatic rings. The summed E-state index contributed by atoms with van der Waals surface area (Å²) in [4.78, 5) is 13.5. The number of carbonyl (C=O) groups excluding carboxylic acids is 1. The maximum atomic E-state index is 11.6. The number of likely N-dealkylation sites (N-methyl/N-ethyl adjacent to an activating group) is 1. The van der Waals surface area contributed by atoms with Gasteiger partial charge in [-0.15, -0.1) is 0 Å². The van der Waals surface area contributed by atoms with E-state index >= 15 is 0 Å². The van der Waals surface area contributed by atoms with Crippen LogP contribution in [0.3, 0.4) is 0 Å². The van der Waals surface area contributed by atoms with Gasteiger partial charge >= 0.3 is 0 Å². The van der Waals surface area contributed by atoms with Crippen molar-refractivity contribution in [2.75, 3.05) is 18.5 Å². The fraction of sp³-hybridized carbons (Fsp3) is 0.462. The van der Waals surface area contributed by atoms with Gasteiger partial charge in [-0.2, -0.15) is 0 Å². The fourth-order valence-electron chi connectivity index (χ4n) is 1.79. The number of rotatable bonds is 4. The minimum Gasteiger partial charge on any atom is -0.389 e. The maximum absolute atomic E-state index is 11.6. The molecule has 0 heterocycles. The zero-order chi connectivity index (χ0) is 13.2. The van der Waals surface area contributed by atoms with Gasteiger partial charge in [0.15, 0.2) is 5.78 Å². The van der Waals surface area contributed by atoms with Crippen molar-refractivity contribution in [1.29, 1.82) is 0 Å². The number of ketones is 1. The second-order valence-corrected chi connectivity index (χ2v) is 5.80. The third-order valence-corrected chi connectivity index (χ3v) is 2.87. The number of anilines is 1. The molecule has 1 N–H and O–H groups in total. The van der Waals surface area contributed by atoms with Crippen molar-refractivity contribution in [2.24, 2.45) is 0 Å². The number of Topliss-reactive ketones (excluding diaryl/α,β-unsaturated/α-hetero) is 1. The van der Waals surface area contributed by atoms with Crippen LogP contribution in [0, 0.1) is 0 Å². The zero-order valence-electron chi connectivity index (χ0n) is 10.6. The lowest BCUT2D eigenvalue weighted by Gasteiger charge is -2.28. The van der Waals surface area contributed by atoms with Gasteiger partial charge in [-0.3, -0.25) is 4.79 Å². The molecule has 4 heteroatoms. The maximum Gasteiger partial charge on any atom is 0.161 e. The second-order valence-electron chi connectivity index (χ2n) is 4.89. The monoisotopic (exact) mass is 299 g/mol. The first-order chi connectivity index (χ1) is 7.70. The van der Waals surface area contributed by atoms with Gasteiger partial charge in [0, 0.05) is 29.3 Å². The highest BCUT2D eigenvalue weighted by Crippen LogP contribution is 2.25. The fourth-order valence-corrected chi connectivity index (χ4v) is 2.15. The van der Waals surface area contributed by atoms with Crippen LogP contribution in [0.4, 0.5) is 5.69 Å². The van der Waals surface area contributed by atoms with Crippen molar-refractivity contribution < 1.29 is 9.90 Å². The molecule has 0 amide bonds. The van der Waals surface area contributed by atoms with Crippen LogP contribution in [0.2, 0.25) is 0 Å². The summed E-state index contributed by atoms with van der Waals surface area (Å²) in [5.41, 5.74) is 0.699. The molecule has 0 radical (unpaired) electrons. The van der Waals surface area contributed by atoms with E-state index in [1.807, 2.05) is 24.1 Å². The van der Waals surface area contributed by atoms with Gasteiger partial charge in [-0.05, 0) is 39.0 Å². The van der Waals surface area contributed by atoms with E-state index in [2.05, 4.69) is 15.9 Å². The van der Waals surface area contributed by atoms with Crippen molar-refractivity contribution in [1.82, 2.24) is 0 Å². The Balaban J connectivity index is 3.09. The molecule has 94 valence electrons. The first kappa shape index (κ1) is 14.2. The highest BCUT2D eigenvalue weighted by molar-refractivity contribution is 9.10. The summed E-state index contributed by atoms with van der Waals surface area (Å²) in [6, 6.07) is 5.58. The summed E-state index contributed by atoms with van der Waals surface area (Å²) >= 11 is 3.36. The Morgan fingerprint density at radius 3 is 2.53 bits per heavy atom. The number of hydrogen-bond donors (Lipinski definition) is 1. The van der Waals surface area contributed by atoms with E-state index in [0.717, 1.165) is 10.2 Å². The lowest BCUT2D eigenvalue weighted by atomic mass is 10.1. The van der Waals surface area contributed by atoms with Crippen LogP contribution in [0.1, 0.15) is 31.1 Å². The van der Waals surface area contributed by atoms with Gasteiger partial charge in [-0.1, -0.05) is 15.9 Å². The molecule has 17 heavy (non-hydrogen) atoms. The molecule has 0 spiro atoms. The average Bonchev–Trinajstić information content (AvgIpc) is 2.14. The van der Waals surface area contributed by atoms with Crippen LogP contribution in [0.15, 0.2) is 22.7 Å². The van der Waals surface area contributed by atoms with Crippen molar-refractivity contribution in [3.63, 3.8) is 0 Å². The Bertz CT molecular complexity index is 424. The third-order valence-electron chi connectivity index (χ3n) is 2.37. The summed E-state index contributed by atoms with van der Waals surface area (Å²) in [5.74, 6) is 0.0175. The zero-order valence-corrected chi connectivity index (χ0v) is 12.2. The lowest BCUT2D eigenvalue weighted by Crippen LogP contribution is -2.36. The number of benzene rings is 1. The molecule has 3 nitrogen and oxygen atoms in total. The Morgan fingerprint density at radius 1 is 1.47 bits per heavy atom. The van der Waals surface area contributed by atoms with Gasteiger partial charge in [0.25, 0.3) is 0 Å². The Morgan fingerprint density at radius 2 is 2.06 bits per heavy atom. The quantitative estimate of drug-likeness (QED) is 0.869. The molecule has 0 unspecified atom stereocenters. The van der Waals surface area contributed by atoms with Crippen molar-refractivity contribution in [3.05, 3.63) is 28.2 Å². The van der Waals surface area contributed by atoms with Crippen LogP contribution in [-0.2, 0) is 0 Å². The molecule has 0 saturated heterocycles. The number of aliphatic hydroxyl groups is 1. The smallest absolute Gasteiger partial charge is 0.161 e. The van der Waals surface area contributed by atoms with Crippen LogP contribution >= 0.6 is 15.9 Å². The number of carbonyl (C=O) groups is 1. The highest BCUT2D eigenvalue weighted by atomic mass is 79.9.